The molecular formula is C16H16N2O2S2. The minimum Gasteiger partial charge on any atom is -0.355 e. The van der Waals surface area contributed by atoms with E-state index in [2.05, 4.69) is 10.6 Å². The minimum atomic E-state index is -0.168. The summed E-state index contributed by atoms with van der Waals surface area (Å²) in [6.07, 6.45) is 1.04. The zero-order valence-corrected chi connectivity index (χ0v) is 13.7. The maximum Gasteiger partial charge on any atom is 0.251 e. The molecule has 0 saturated heterocycles. The number of anilines is 1. The van der Waals surface area contributed by atoms with Crippen molar-refractivity contribution in [1.29, 1.82) is 0 Å². The first-order chi connectivity index (χ1) is 10.7. The predicted molar refractivity (Wildman–Crippen MR) is 91.7 cm³/mol. The standard InChI is InChI=1S/C16H16N2O2S2/c1-17-15(19)10-3-2-4-11(9-10)18-16(20)14-12-5-7-21-13(12)6-8-22-14/h2-5,7,9,14H,6,8H2,1H3,(H,17,19)(H,18,20)/t14-/m0/s1. The number of hydrogen-bond acceptors (Lipinski definition) is 4. The summed E-state index contributed by atoms with van der Waals surface area (Å²) in [7, 11) is 1.59. The molecule has 0 unspecified atom stereocenters. The second kappa shape index (κ2) is 6.54. The quantitative estimate of drug-likeness (QED) is 0.908. The van der Waals surface area contributed by atoms with Crippen molar-refractivity contribution >= 4 is 40.6 Å². The van der Waals surface area contributed by atoms with Gasteiger partial charge in [0.05, 0.1) is 0 Å². The van der Waals surface area contributed by atoms with Gasteiger partial charge >= 0.3 is 0 Å². The fourth-order valence-corrected chi connectivity index (χ4v) is 4.75. The highest BCUT2D eigenvalue weighted by atomic mass is 32.2. The number of thioether (sulfide) groups is 1. The van der Waals surface area contributed by atoms with E-state index in [0.717, 1.165) is 17.7 Å². The molecule has 0 saturated carbocycles. The van der Waals surface area contributed by atoms with Crippen LogP contribution in [0.1, 0.15) is 26.0 Å². The highest BCUT2D eigenvalue weighted by Gasteiger charge is 2.28. The van der Waals surface area contributed by atoms with Crippen LogP contribution in [0.25, 0.3) is 0 Å². The van der Waals surface area contributed by atoms with Gasteiger partial charge in [-0.1, -0.05) is 6.07 Å². The van der Waals surface area contributed by atoms with E-state index in [1.54, 1.807) is 54.4 Å². The van der Waals surface area contributed by atoms with E-state index in [1.807, 2.05) is 11.4 Å². The number of benzene rings is 1. The Morgan fingerprint density at radius 1 is 1.27 bits per heavy atom. The van der Waals surface area contributed by atoms with Gasteiger partial charge in [0.1, 0.15) is 5.25 Å². The number of nitrogens with one attached hydrogen (secondary N) is 2. The lowest BCUT2D eigenvalue weighted by atomic mass is 10.1. The van der Waals surface area contributed by atoms with Crippen LogP contribution in [0, 0.1) is 0 Å². The van der Waals surface area contributed by atoms with E-state index in [0.29, 0.717) is 11.3 Å². The van der Waals surface area contributed by atoms with E-state index >= 15 is 0 Å². The molecule has 2 heterocycles. The van der Waals surface area contributed by atoms with Crippen molar-refractivity contribution in [2.45, 2.75) is 11.7 Å². The third-order valence-electron chi connectivity index (χ3n) is 3.53. The normalized spacial score (nSPS) is 16.7. The maximum atomic E-state index is 12.6. The largest absolute Gasteiger partial charge is 0.355 e. The number of hydrogen-bond donors (Lipinski definition) is 2. The summed E-state index contributed by atoms with van der Waals surface area (Å²) in [5.74, 6) is 0.769. The molecular weight excluding hydrogens is 316 g/mol. The molecule has 1 aromatic heterocycles. The first-order valence-electron chi connectivity index (χ1n) is 7.00. The number of thiophene rings is 1. The Hall–Kier alpha value is -1.79. The van der Waals surface area contributed by atoms with Crippen molar-refractivity contribution in [1.82, 2.24) is 5.32 Å². The van der Waals surface area contributed by atoms with E-state index in [1.165, 1.54) is 4.88 Å². The van der Waals surface area contributed by atoms with Crippen LogP contribution in [0.2, 0.25) is 0 Å². The molecule has 4 nitrogen and oxygen atoms in total. The molecule has 0 spiro atoms. The first kappa shape index (κ1) is 15.1. The molecule has 2 amide bonds. The Morgan fingerprint density at radius 2 is 2.14 bits per heavy atom. The average molecular weight is 332 g/mol. The van der Waals surface area contributed by atoms with Gasteiger partial charge in [-0.05, 0) is 47.4 Å². The maximum absolute atomic E-state index is 12.6. The van der Waals surface area contributed by atoms with Crippen LogP contribution in [0.4, 0.5) is 5.69 Å². The van der Waals surface area contributed by atoms with Crippen LogP contribution in [-0.2, 0) is 11.2 Å². The topological polar surface area (TPSA) is 58.2 Å². The number of aryl methyl sites for hydroxylation is 1. The summed E-state index contributed by atoms with van der Waals surface area (Å²) in [6.45, 7) is 0. The van der Waals surface area contributed by atoms with Crippen LogP contribution < -0.4 is 10.6 Å². The number of carbonyl (C=O) groups excluding carboxylic acids is 2. The van der Waals surface area contributed by atoms with Crippen molar-refractivity contribution in [2.24, 2.45) is 0 Å². The number of rotatable bonds is 3. The van der Waals surface area contributed by atoms with E-state index in [4.69, 9.17) is 0 Å². The molecule has 2 aromatic rings. The van der Waals surface area contributed by atoms with Gasteiger partial charge < -0.3 is 10.6 Å². The van der Waals surface area contributed by atoms with E-state index < -0.39 is 0 Å². The fourth-order valence-electron chi connectivity index (χ4n) is 2.45. The zero-order chi connectivity index (χ0) is 15.5. The van der Waals surface area contributed by atoms with Crippen molar-refractivity contribution in [2.75, 3.05) is 18.1 Å². The second-order valence-corrected chi connectivity index (χ2v) is 7.16. The summed E-state index contributed by atoms with van der Waals surface area (Å²) in [4.78, 5) is 25.5. The lowest BCUT2D eigenvalue weighted by molar-refractivity contribution is -0.115. The Bertz CT molecular complexity index is 712. The first-order valence-corrected chi connectivity index (χ1v) is 8.93. The van der Waals surface area contributed by atoms with E-state index in [-0.39, 0.29) is 17.1 Å². The van der Waals surface area contributed by atoms with Gasteiger partial charge in [0.15, 0.2) is 0 Å². The highest BCUT2D eigenvalue weighted by Crippen LogP contribution is 2.39. The van der Waals surface area contributed by atoms with Crippen molar-refractivity contribution in [3.05, 3.63) is 51.7 Å². The number of fused-ring (bicyclic) bond motifs is 1. The van der Waals surface area contributed by atoms with Gasteiger partial charge in [0, 0.05) is 23.2 Å². The van der Waals surface area contributed by atoms with Crippen molar-refractivity contribution in [3.8, 4) is 0 Å². The molecule has 114 valence electrons. The molecule has 1 atom stereocenters. The van der Waals surface area contributed by atoms with Gasteiger partial charge in [0.2, 0.25) is 5.91 Å². The monoisotopic (exact) mass is 332 g/mol. The average Bonchev–Trinajstić information content (AvgIpc) is 3.02. The third kappa shape index (κ3) is 3.03. The SMILES string of the molecule is CNC(=O)c1cccc(NC(=O)[C@H]2SCCc3sccc32)c1. The van der Waals surface area contributed by atoms with Gasteiger partial charge in [-0.2, -0.15) is 0 Å². The molecule has 1 aliphatic heterocycles. The molecule has 0 aliphatic carbocycles. The number of carbonyl (C=O) groups is 2. The molecule has 3 rings (SSSR count). The smallest absolute Gasteiger partial charge is 0.251 e. The summed E-state index contributed by atoms with van der Waals surface area (Å²) >= 11 is 3.38. The molecule has 22 heavy (non-hydrogen) atoms. The zero-order valence-electron chi connectivity index (χ0n) is 12.1. The van der Waals surface area contributed by atoms with Crippen LogP contribution >= 0.6 is 23.1 Å². The van der Waals surface area contributed by atoms with Gasteiger partial charge in [-0.3, -0.25) is 9.59 Å². The summed E-state index contributed by atoms with van der Waals surface area (Å²) in [5, 5.41) is 7.38. The Balaban J connectivity index is 1.77. The van der Waals surface area contributed by atoms with Crippen LogP contribution in [0.15, 0.2) is 35.7 Å². The third-order valence-corrected chi connectivity index (χ3v) is 5.77. The van der Waals surface area contributed by atoms with Gasteiger partial charge in [-0.25, -0.2) is 0 Å². The molecule has 0 bridgehead atoms. The Morgan fingerprint density at radius 3 is 2.95 bits per heavy atom. The molecule has 0 fully saturated rings. The molecule has 6 heteroatoms. The summed E-state index contributed by atoms with van der Waals surface area (Å²) in [5.41, 5.74) is 2.31. The Kier molecular flexibility index (Phi) is 4.49. The lowest BCUT2D eigenvalue weighted by Crippen LogP contribution is -2.22. The van der Waals surface area contributed by atoms with Gasteiger partial charge in [0.25, 0.3) is 5.91 Å². The highest BCUT2D eigenvalue weighted by molar-refractivity contribution is 8.00. The predicted octanol–water partition coefficient (Wildman–Crippen LogP) is 3.08. The molecule has 2 N–H and O–H groups in total. The molecule has 1 aromatic carbocycles. The van der Waals surface area contributed by atoms with E-state index in [9.17, 15) is 9.59 Å². The summed E-state index contributed by atoms with van der Waals surface area (Å²) in [6, 6.07) is 9.02. The van der Waals surface area contributed by atoms with Gasteiger partial charge in [-0.15, -0.1) is 23.1 Å². The number of amides is 2. The second-order valence-electron chi connectivity index (χ2n) is 4.95. The fraction of sp³-hybridized carbons (Fsp3) is 0.250. The Labute approximate surface area is 137 Å². The van der Waals surface area contributed by atoms with Crippen LogP contribution in [0.3, 0.4) is 0 Å². The van der Waals surface area contributed by atoms with Crippen LogP contribution in [0.5, 0.6) is 0 Å². The molecule has 1 aliphatic rings. The van der Waals surface area contributed by atoms with Crippen LogP contribution in [-0.4, -0.2) is 24.6 Å². The summed E-state index contributed by atoms with van der Waals surface area (Å²) < 4.78 is 0. The minimum absolute atomic E-state index is 0.0293. The lowest BCUT2D eigenvalue weighted by Gasteiger charge is -2.21. The van der Waals surface area contributed by atoms with Crippen molar-refractivity contribution < 1.29 is 9.59 Å². The molecule has 0 radical (unpaired) electrons. The van der Waals surface area contributed by atoms with Crippen molar-refractivity contribution in [3.63, 3.8) is 0 Å².